The van der Waals surface area contributed by atoms with Crippen LogP contribution in [0.5, 0.6) is 0 Å². The van der Waals surface area contributed by atoms with Crippen molar-refractivity contribution in [2.75, 3.05) is 0 Å². The predicted octanol–water partition coefficient (Wildman–Crippen LogP) is 4.48. The van der Waals surface area contributed by atoms with E-state index < -0.39 is 0 Å². The molecule has 1 saturated carbocycles. The Bertz CT molecular complexity index is 1040. The first-order valence-electron chi connectivity index (χ1n) is 11.2. The molecule has 5 rings (SSSR count). The van der Waals surface area contributed by atoms with Gasteiger partial charge in [-0.1, -0.05) is 73.2 Å². The zero-order valence-corrected chi connectivity index (χ0v) is 18.5. The molecule has 0 atom stereocenters. The largest absolute Gasteiger partial charge is 1.00 e. The Kier molecular flexibility index (Phi) is 6.84. The maximum atomic E-state index is 2.64. The van der Waals surface area contributed by atoms with E-state index in [2.05, 4.69) is 108 Å². The lowest BCUT2D eigenvalue weighted by Crippen LogP contribution is -3.00. The van der Waals surface area contributed by atoms with Gasteiger partial charge in [-0.05, 0) is 48.2 Å². The Hall–Kier alpha value is -2.90. The molecule has 0 radical (unpaired) electrons. The van der Waals surface area contributed by atoms with Gasteiger partial charge in [-0.2, -0.15) is 4.57 Å². The van der Waals surface area contributed by atoms with Crippen molar-refractivity contribution in [3.8, 4) is 33.6 Å². The van der Waals surface area contributed by atoms with Crippen molar-refractivity contribution in [3.05, 3.63) is 103 Å². The second kappa shape index (κ2) is 9.94. The van der Waals surface area contributed by atoms with Crippen LogP contribution in [0.1, 0.15) is 38.1 Å². The van der Waals surface area contributed by atoms with E-state index in [1.807, 2.05) is 0 Å². The molecule has 1 aliphatic carbocycles. The highest BCUT2D eigenvalue weighted by molar-refractivity contribution is 5.73. The molecule has 4 aromatic rings. The maximum absolute atomic E-state index is 2.64. The number of hydrogen-bond acceptors (Lipinski definition) is 0. The zero-order valence-electron chi connectivity index (χ0n) is 17.8. The second-order valence-electron chi connectivity index (χ2n) is 8.27. The van der Waals surface area contributed by atoms with Crippen LogP contribution in [-0.2, 0) is 0 Å². The molecule has 156 valence electrons. The van der Waals surface area contributed by atoms with Crippen LogP contribution in [0.4, 0.5) is 0 Å². The quantitative estimate of drug-likeness (QED) is 0.424. The summed E-state index contributed by atoms with van der Waals surface area (Å²) < 4.78 is 2.64. The van der Waals surface area contributed by atoms with E-state index in [1.165, 1.54) is 65.7 Å². The normalized spacial score (nSPS) is 14.1. The summed E-state index contributed by atoms with van der Waals surface area (Å²) in [6.07, 6.45) is 6.52. The lowest BCUT2D eigenvalue weighted by Gasteiger charge is -2.22. The Morgan fingerprint density at radius 1 is 0.484 bits per heavy atom. The number of rotatable bonds is 4. The van der Waals surface area contributed by atoms with Gasteiger partial charge in [0.2, 0.25) is 11.4 Å². The summed E-state index contributed by atoms with van der Waals surface area (Å²) in [4.78, 5) is 0. The van der Waals surface area contributed by atoms with E-state index in [9.17, 15) is 0 Å². The topological polar surface area (TPSA) is 3.88 Å². The Balaban J connectivity index is 0.00000231. The molecule has 31 heavy (non-hydrogen) atoms. The van der Waals surface area contributed by atoms with E-state index >= 15 is 0 Å². The van der Waals surface area contributed by atoms with E-state index in [0.29, 0.717) is 6.04 Å². The van der Waals surface area contributed by atoms with E-state index in [-0.39, 0.29) is 12.4 Å². The lowest BCUT2D eigenvalue weighted by molar-refractivity contribution is -0.705. The first kappa shape index (κ1) is 21.3. The summed E-state index contributed by atoms with van der Waals surface area (Å²) >= 11 is 0. The summed E-state index contributed by atoms with van der Waals surface area (Å²) in [7, 11) is 0. The summed E-state index contributed by atoms with van der Waals surface area (Å²) in [5, 5.41) is 0. The lowest BCUT2D eigenvalue weighted by atomic mass is 9.92. The van der Waals surface area contributed by atoms with Gasteiger partial charge in [-0.25, -0.2) is 0 Å². The second-order valence-corrected chi connectivity index (χ2v) is 8.27. The van der Waals surface area contributed by atoms with Crippen molar-refractivity contribution in [2.45, 2.75) is 38.1 Å². The van der Waals surface area contributed by atoms with Crippen LogP contribution in [0.3, 0.4) is 0 Å². The molecule has 0 bridgehead atoms. The van der Waals surface area contributed by atoms with Crippen LogP contribution in [-0.4, -0.2) is 0 Å². The fourth-order valence-electron chi connectivity index (χ4n) is 4.80. The van der Waals surface area contributed by atoms with Crippen molar-refractivity contribution in [2.24, 2.45) is 0 Å². The van der Waals surface area contributed by atoms with Crippen molar-refractivity contribution >= 4 is 0 Å². The van der Waals surface area contributed by atoms with Crippen LogP contribution < -0.4 is 17.0 Å². The molecule has 2 heteroatoms. The molecule has 0 unspecified atom stereocenters. The van der Waals surface area contributed by atoms with Gasteiger partial charge in [0.1, 0.15) is 0 Å². The smallest absolute Gasteiger partial charge is 0.213 e. The fraction of sp³-hybridized carbons (Fsp3) is 0.207. The average Bonchev–Trinajstić information content (AvgIpc) is 2.85. The Morgan fingerprint density at radius 2 is 0.903 bits per heavy atom. The van der Waals surface area contributed by atoms with E-state index in [1.54, 1.807) is 0 Å². The molecule has 1 nitrogen and oxygen atoms in total. The number of pyridine rings is 1. The number of nitrogens with zero attached hydrogens (tertiary/aromatic N) is 1. The standard InChI is InChI=1S/C29H28N.ClH/c1-5-13-23(14-6-1)26-21-28(24-15-7-2-8-16-24)30(27-19-11-4-12-20-27)29(22-26)25-17-9-3-10-18-25;/h1-3,5-10,13-18,21-22,27H,4,11-12,19-20H2;1H/q+1;/p-1. The molecule has 1 fully saturated rings. The molecule has 3 aromatic carbocycles. The first-order valence-corrected chi connectivity index (χ1v) is 11.2. The highest BCUT2D eigenvalue weighted by Gasteiger charge is 2.30. The van der Waals surface area contributed by atoms with Gasteiger partial charge >= 0.3 is 0 Å². The molecule has 0 N–H and O–H groups in total. The molecule has 1 aromatic heterocycles. The highest BCUT2D eigenvalue weighted by atomic mass is 35.5. The molecule has 1 aliphatic rings. The summed E-state index contributed by atoms with van der Waals surface area (Å²) in [5.74, 6) is 0. The monoisotopic (exact) mass is 425 g/mol. The van der Waals surface area contributed by atoms with Crippen LogP contribution in [0.25, 0.3) is 33.6 Å². The number of hydrogen-bond donors (Lipinski definition) is 0. The zero-order chi connectivity index (χ0) is 20.2. The maximum Gasteiger partial charge on any atom is 0.213 e. The van der Waals surface area contributed by atoms with E-state index in [4.69, 9.17) is 0 Å². The SMILES string of the molecule is [Cl-].c1ccc(-c2cc(-c3ccccc3)[n+](C3CCCCC3)c(-c3ccccc3)c2)cc1. The minimum atomic E-state index is 0. The van der Waals surface area contributed by atoms with Crippen LogP contribution in [0.15, 0.2) is 103 Å². The van der Waals surface area contributed by atoms with Crippen LogP contribution in [0, 0.1) is 0 Å². The van der Waals surface area contributed by atoms with Gasteiger partial charge in [0.05, 0.1) is 0 Å². The third-order valence-electron chi connectivity index (χ3n) is 6.29. The number of benzene rings is 3. The summed E-state index contributed by atoms with van der Waals surface area (Å²) in [5.41, 5.74) is 7.77. The molecular weight excluding hydrogens is 398 g/mol. The van der Waals surface area contributed by atoms with Crippen molar-refractivity contribution in [1.82, 2.24) is 0 Å². The Morgan fingerprint density at radius 3 is 1.35 bits per heavy atom. The minimum absolute atomic E-state index is 0. The average molecular weight is 426 g/mol. The predicted molar refractivity (Wildman–Crippen MR) is 125 cm³/mol. The van der Waals surface area contributed by atoms with Gasteiger partial charge < -0.3 is 12.4 Å². The van der Waals surface area contributed by atoms with Gasteiger partial charge in [0.15, 0.2) is 6.04 Å². The molecular formula is C29H28ClN. The number of halogens is 1. The molecule has 0 saturated heterocycles. The van der Waals surface area contributed by atoms with Crippen molar-refractivity contribution in [1.29, 1.82) is 0 Å². The molecule has 0 spiro atoms. The van der Waals surface area contributed by atoms with Gasteiger partial charge in [-0.15, -0.1) is 0 Å². The van der Waals surface area contributed by atoms with Gasteiger partial charge in [0.25, 0.3) is 0 Å². The third kappa shape index (κ3) is 4.57. The summed E-state index contributed by atoms with van der Waals surface area (Å²) in [6, 6.07) is 37.9. The van der Waals surface area contributed by atoms with Crippen molar-refractivity contribution in [3.63, 3.8) is 0 Å². The third-order valence-corrected chi connectivity index (χ3v) is 6.29. The van der Waals surface area contributed by atoms with Crippen LogP contribution in [0.2, 0.25) is 0 Å². The highest BCUT2D eigenvalue weighted by Crippen LogP contribution is 2.33. The number of aromatic nitrogens is 1. The van der Waals surface area contributed by atoms with Crippen molar-refractivity contribution < 1.29 is 17.0 Å². The summed E-state index contributed by atoms with van der Waals surface area (Å²) in [6.45, 7) is 0. The molecule has 1 heterocycles. The van der Waals surface area contributed by atoms with Gasteiger partial charge in [-0.3, -0.25) is 0 Å². The Labute approximate surface area is 191 Å². The minimum Gasteiger partial charge on any atom is -1.00 e. The fourth-order valence-corrected chi connectivity index (χ4v) is 4.80. The molecule has 0 aliphatic heterocycles. The van der Waals surface area contributed by atoms with E-state index in [0.717, 1.165) is 0 Å². The first-order chi connectivity index (χ1) is 14.9. The van der Waals surface area contributed by atoms with Crippen LogP contribution >= 0.6 is 0 Å². The van der Waals surface area contributed by atoms with Gasteiger partial charge in [0, 0.05) is 36.1 Å². The molecule has 0 amide bonds.